The van der Waals surface area contributed by atoms with Gasteiger partial charge in [-0.25, -0.2) is 0 Å². The Kier molecular flexibility index (Phi) is 3.55. The molecule has 0 spiro atoms. The lowest BCUT2D eigenvalue weighted by molar-refractivity contribution is 0.774. The van der Waals surface area contributed by atoms with Crippen molar-refractivity contribution in [1.29, 1.82) is 0 Å². The summed E-state index contributed by atoms with van der Waals surface area (Å²) in [4.78, 5) is 2.98. The zero-order valence-corrected chi connectivity index (χ0v) is 6.64. The molecular weight excluding hydrogens is 138 g/mol. The molecule has 0 amide bonds. The van der Waals surface area contributed by atoms with Gasteiger partial charge in [0.25, 0.3) is 0 Å². The summed E-state index contributed by atoms with van der Waals surface area (Å²) in [5, 5.41) is 3.27. The van der Waals surface area contributed by atoms with Gasteiger partial charge < -0.3 is 16.0 Å². The topological polar surface area (TPSA) is 53.8 Å². The summed E-state index contributed by atoms with van der Waals surface area (Å²) in [5.74, 6) is 0. The van der Waals surface area contributed by atoms with Gasteiger partial charge in [-0.05, 0) is 25.5 Å². The minimum absolute atomic E-state index is 0.787. The van der Waals surface area contributed by atoms with Crippen LogP contribution in [0.2, 0.25) is 0 Å². The molecule has 1 rings (SSSR count). The molecule has 0 saturated carbocycles. The summed E-state index contributed by atoms with van der Waals surface area (Å²) in [6, 6.07) is 2.02. The molecule has 0 bridgehead atoms. The van der Waals surface area contributed by atoms with Crippen LogP contribution in [-0.4, -0.2) is 18.1 Å². The lowest BCUT2D eigenvalue weighted by Gasteiger charge is -2.01. The van der Waals surface area contributed by atoms with Crippen molar-refractivity contribution >= 4 is 5.69 Å². The van der Waals surface area contributed by atoms with Crippen LogP contribution in [0.5, 0.6) is 0 Å². The number of hydrogen-bond donors (Lipinski definition) is 3. The van der Waals surface area contributed by atoms with Crippen LogP contribution in [0.4, 0.5) is 5.69 Å². The molecule has 62 valence electrons. The van der Waals surface area contributed by atoms with E-state index in [0.717, 1.165) is 31.6 Å². The van der Waals surface area contributed by atoms with Gasteiger partial charge in [0.1, 0.15) is 0 Å². The van der Waals surface area contributed by atoms with Crippen LogP contribution in [0.15, 0.2) is 18.5 Å². The minimum atomic E-state index is 0.787. The number of aromatic nitrogens is 1. The second-order valence-corrected chi connectivity index (χ2v) is 2.52. The molecule has 0 aliphatic rings. The second kappa shape index (κ2) is 4.79. The Labute approximate surface area is 67.0 Å². The Morgan fingerprint density at radius 1 is 1.45 bits per heavy atom. The quantitative estimate of drug-likeness (QED) is 0.556. The Morgan fingerprint density at radius 3 is 3.00 bits per heavy atom. The number of aromatic amines is 1. The van der Waals surface area contributed by atoms with Gasteiger partial charge in [0.2, 0.25) is 0 Å². The van der Waals surface area contributed by atoms with Crippen LogP contribution in [0, 0.1) is 0 Å². The van der Waals surface area contributed by atoms with Crippen molar-refractivity contribution in [3.05, 3.63) is 18.5 Å². The van der Waals surface area contributed by atoms with E-state index in [1.54, 1.807) is 0 Å². The van der Waals surface area contributed by atoms with Crippen LogP contribution < -0.4 is 11.1 Å². The van der Waals surface area contributed by atoms with E-state index >= 15 is 0 Å². The first kappa shape index (κ1) is 8.14. The van der Waals surface area contributed by atoms with Crippen LogP contribution in [0.3, 0.4) is 0 Å². The van der Waals surface area contributed by atoms with E-state index < -0.39 is 0 Å². The first-order chi connectivity index (χ1) is 5.43. The molecule has 0 unspecified atom stereocenters. The standard InChI is InChI=1S/C8H15N3/c9-4-1-2-5-11-8-3-6-10-7-8/h3,6-7,10-11H,1-2,4-5,9H2. The Hall–Kier alpha value is -0.960. The highest BCUT2D eigenvalue weighted by molar-refractivity contribution is 5.39. The average molecular weight is 153 g/mol. The van der Waals surface area contributed by atoms with E-state index in [0.29, 0.717) is 0 Å². The number of hydrogen-bond acceptors (Lipinski definition) is 2. The normalized spacial score (nSPS) is 9.91. The number of nitrogens with two attached hydrogens (primary N) is 1. The lowest BCUT2D eigenvalue weighted by Crippen LogP contribution is -2.04. The maximum Gasteiger partial charge on any atom is 0.0517 e. The molecule has 3 nitrogen and oxygen atoms in total. The highest BCUT2D eigenvalue weighted by Gasteiger charge is 1.88. The number of unbranched alkanes of at least 4 members (excludes halogenated alkanes) is 1. The predicted molar refractivity (Wildman–Crippen MR) is 47.6 cm³/mol. The van der Waals surface area contributed by atoms with Crippen molar-refractivity contribution in [3.8, 4) is 0 Å². The van der Waals surface area contributed by atoms with Gasteiger partial charge in [0.05, 0.1) is 5.69 Å². The molecule has 1 heterocycles. The maximum absolute atomic E-state index is 5.35. The van der Waals surface area contributed by atoms with Crippen LogP contribution in [0.25, 0.3) is 0 Å². The summed E-state index contributed by atoms with van der Waals surface area (Å²) in [7, 11) is 0. The Bertz CT molecular complexity index is 169. The van der Waals surface area contributed by atoms with Crippen molar-refractivity contribution in [2.24, 2.45) is 5.73 Å². The monoisotopic (exact) mass is 153 g/mol. The van der Waals surface area contributed by atoms with E-state index in [1.807, 2.05) is 18.5 Å². The molecular formula is C8H15N3. The lowest BCUT2D eigenvalue weighted by atomic mass is 10.3. The van der Waals surface area contributed by atoms with Gasteiger partial charge in [-0.2, -0.15) is 0 Å². The fourth-order valence-corrected chi connectivity index (χ4v) is 0.936. The van der Waals surface area contributed by atoms with Gasteiger partial charge in [-0.3, -0.25) is 0 Å². The maximum atomic E-state index is 5.35. The van der Waals surface area contributed by atoms with Gasteiger partial charge >= 0.3 is 0 Å². The molecule has 0 saturated heterocycles. The van der Waals surface area contributed by atoms with Gasteiger partial charge in [0, 0.05) is 18.9 Å². The molecule has 0 radical (unpaired) electrons. The summed E-state index contributed by atoms with van der Waals surface area (Å²) in [5.41, 5.74) is 6.51. The summed E-state index contributed by atoms with van der Waals surface area (Å²) < 4.78 is 0. The minimum Gasteiger partial charge on any atom is -0.384 e. The summed E-state index contributed by atoms with van der Waals surface area (Å²) in [6.45, 7) is 1.80. The molecule has 3 heteroatoms. The van der Waals surface area contributed by atoms with Gasteiger partial charge in [-0.1, -0.05) is 0 Å². The zero-order chi connectivity index (χ0) is 7.94. The third-order valence-corrected chi connectivity index (χ3v) is 1.56. The van der Waals surface area contributed by atoms with E-state index in [-0.39, 0.29) is 0 Å². The van der Waals surface area contributed by atoms with Crippen molar-refractivity contribution in [3.63, 3.8) is 0 Å². The molecule has 1 aromatic heterocycles. The first-order valence-electron chi connectivity index (χ1n) is 4.00. The van der Waals surface area contributed by atoms with Crippen LogP contribution in [-0.2, 0) is 0 Å². The zero-order valence-electron chi connectivity index (χ0n) is 6.64. The molecule has 0 aliphatic carbocycles. The molecule has 4 N–H and O–H groups in total. The van der Waals surface area contributed by atoms with Crippen LogP contribution >= 0.6 is 0 Å². The van der Waals surface area contributed by atoms with Crippen molar-refractivity contribution in [1.82, 2.24) is 4.98 Å². The summed E-state index contributed by atoms with van der Waals surface area (Å²) in [6.07, 6.45) is 6.09. The summed E-state index contributed by atoms with van der Waals surface area (Å²) >= 11 is 0. The third kappa shape index (κ3) is 3.09. The van der Waals surface area contributed by atoms with Gasteiger partial charge in [0.15, 0.2) is 0 Å². The molecule has 1 aromatic rings. The Morgan fingerprint density at radius 2 is 2.36 bits per heavy atom. The number of H-pyrrole nitrogens is 1. The number of anilines is 1. The van der Waals surface area contributed by atoms with Gasteiger partial charge in [-0.15, -0.1) is 0 Å². The molecule has 11 heavy (non-hydrogen) atoms. The largest absolute Gasteiger partial charge is 0.384 e. The number of rotatable bonds is 5. The molecule has 0 aromatic carbocycles. The number of nitrogens with one attached hydrogen (secondary N) is 2. The van der Waals surface area contributed by atoms with E-state index in [4.69, 9.17) is 5.73 Å². The average Bonchev–Trinajstić information content (AvgIpc) is 2.50. The third-order valence-electron chi connectivity index (χ3n) is 1.56. The molecule has 0 fully saturated rings. The SMILES string of the molecule is NCCCCNc1cc[nH]c1. The molecule has 0 aliphatic heterocycles. The van der Waals surface area contributed by atoms with Crippen molar-refractivity contribution in [2.45, 2.75) is 12.8 Å². The van der Waals surface area contributed by atoms with E-state index in [1.165, 1.54) is 0 Å². The van der Waals surface area contributed by atoms with Crippen molar-refractivity contribution < 1.29 is 0 Å². The van der Waals surface area contributed by atoms with E-state index in [2.05, 4.69) is 10.3 Å². The highest BCUT2D eigenvalue weighted by atomic mass is 14.9. The molecule has 0 atom stereocenters. The first-order valence-corrected chi connectivity index (χ1v) is 4.00. The van der Waals surface area contributed by atoms with Crippen molar-refractivity contribution in [2.75, 3.05) is 18.4 Å². The smallest absolute Gasteiger partial charge is 0.0517 e. The fraction of sp³-hybridized carbons (Fsp3) is 0.500. The predicted octanol–water partition coefficient (Wildman–Crippen LogP) is 1.17. The van der Waals surface area contributed by atoms with Crippen LogP contribution in [0.1, 0.15) is 12.8 Å². The Balaban J connectivity index is 2.04. The second-order valence-electron chi connectivity index (χ2n) is 2.52. The van der Waals surface area contributed by atoms with E-state index in [9.17, 15) is 0 Å². The fourth-order valence-electron chi connectivity index (χ4n) is 0.936. The highest BCUT2D eigenvalue weighted by Crippen LogP contribution is 2.02.